The molecule has 14 heteroatoms. The average Bonchev–Trinajstić information content (AvgIpc) is 3.63. The number of nitrogens with zero attached hydrogens (tertiary/aromatic N) is 6. The Morgan fingerprint density at radius 3 is 2.56 bits per heavy atom. The molecule has 2 atom stereocenters. The molecular weight excluding hydrogens is 707 g/mol. The fourth-order valence-corrected chi connectivity index (χ4v) is 6.56. The lowest BCUT2D eigenvalue weighted by Crippen LogP contribution is -2.45. The standard InChI is InChI=1S/C36H40BrFN8O4/c1-6-8-10-30(48)41-19-36(5)15-28(35(50)43-29-12-11-27(38)34(37)42-29)45(20-36)31(49)18-46-33-23(9-7-2)13-24(25-16-39-22(4)40-17-25)14-26(33)32(44-46)21(3)47/h7,11-14,16-17,28H,2,6,8-10,15,18-20H2,1,3-5H3,(H,41,48)(H,42,43,50)/t28-,36-/m0/s1. The normalized spacial score (nSPS) is 17.2. The minimum Gasteiger partial charge on any atom is -0.355 e. The first-order valence-corrected chi connectivity index (χ1v) is 17.2. The lowest BCUT2D eigenvalue weighted by atomic mass is 9.87. The van der Waals surface area contributed by atoms with Crippen LogP contribution in [-0.2, 0) is 27.3 Å². The van der Waals surface area contributed by atoms with E-state index in [1.54, 1.807) is 25.4 Å². The number of ketones is 1. The van der Waals surface area contributed by atoms with Gasteiger partial charge in [0, 0.05) is 55.2 Å². The molecule has 4 aromatic rings. The predicted octanol–water partition coefficient (Wildman–Crippen LogP) is 5.58. The van der Waals surface area contributed by atoms with Gasteiger partial charge in [0.05, 0.1) is 5.52 Å². The molecule has 12 nitrogen and oxygen atoms in total. The molecule has 1 aromatic carbocycles. The number of allylic oxidation sites excluding steroid dienone is 1. The molecule has 4 heterocycles. The number of carbonyl (C=O) groups is 4. The monoisotopic (exact) mass is 746 g/mol. The highest BCUT2D eigenvalue weighted by Gasteiger charge is 2.46. The number of pyridine rings is 1. The number of hydrogen-bond donors (Lipinski definition) is 2. The van der Waals surface area contributed by atoms with Crippen LogP contribution in [0.1, 0.15) is 68.3 Å². The summed E-state index contributed by atoms with van der Waals surface area (Å²) in [5.41, 5.74) is 2.52. The number of hydrogen-bond acceptors (Lipinski definition) is 8. The highest BCUT2D eigenvalue weighted by atomic mass is 79.9. The number of anilines is 1. The van der Waals surface area contributed by atoms with Crippen LogP contribution in [0, 0.1) is 18.2 Å². The van der Waals surface area contributed by atoms with Gasteiger partial charge < -0.3 is 15.5 Å². The molecule has 1 aliphatic heterocycles. The molecule has 2 N–H and O–H groups in total. The van der Waals surface area contributed by atoms with E-state index >= 15 is 0 Å². The van der Waals surface area contributed by atoms with Gasteiger partial charge in [-0.05, 0) is 77.5 Å². The Morgan fingerprint density at radius 1 is 1.16 bits per heavy atom. The lowest BCUT2D eigenvalue weighted by molar-refractivity contribution is -0.137. The number of aryl methyl sites for hydroxylation is 1. The van der Waals surface area contributed by atoms with Crippen molar-refractivity contribution >= 4 is 56.2 Å². The van der Waals surface area contributed by atoms with Crippen LogP contribution in [-0.4, -0.2) is 72.3 Å². The van der Waals surface area contributed by atoms with Gasteiger partial charge in [-0.1, -0.05) is 26.3 Å². The molecule has 1 fully saturated rings. The van der Waals surface area contributed by atoms with E-state index in [-0.39, 0.29) is 53.9 Å². The summed E-state index contributed by atoms with van der Waals surface area (Å²) in [4.78, 5) is 67.6. The first-order valence-electron chi connectivity index (χ1n) is 16.5. The van der Waals surface area contributed by atoms with Crippen LogP contribution in [0.3, 0.4) is 0 Å². The van der Waals surface area contributed by atoms with Crippen molar-refractivity contribution in [3.63, 3.8) is 0 Å². The van der Waals surface area contributed by atoms with Gasteiger partial charge in [-0.3, -0.25) is 23.9 Å². The van der Waals surface area contributed by atoms with Crippen molar-refractivity contribution in [1.82, 2.24) is 34.9 Å². The zero-order chi connectivity index (χ0) is 36.2. The molecule has 0 bridgehead atoms. The molecule has 5 rings (SSSR count). The lowest BCUT2D eigenvalue weighted by Gasteiger charge is -2.26. The van der Waals surface area contributed by atoms with E-state index in [1.807, 2.05) is 26.0 Å². The fraction of sp³-hybridized carbons (Fsp3) is 0.389. The second-order valence-electron chi connectivity index (χ2n) is 13.0. The van der Waals surface area contributed by atoms with E-state index in [0.717, 1.165) is 29.5 Å². The van der Waals surface area contributed by atoms with E-state index in [1.165, 1.54) is 28.6 Å². The number of Topliss-reactive ketones (excluding diaryl/α,β-unsaturated/α-hetero) is 1. The topological polar surface area (TPSA) is 152 Å². The summed E-state index contributed by atoms with van der Waals surface area (Å²) in [7, 11) is 0. The number of amides is 3. The maximum Gasteiger partial charge on any atom is 0.248 e. The summed E-state index contributed by atoms with van der Waals surface area (Å²) < 4.78 is 15.3. The van der Waals surface area contributed by atoms with Gasteiger partial charge >= 0.3 is 0 Å². The predicted molar refractivity (Wildman–Crippen MR) is 191 cm³/mol. The summed E-state index contributed by atoms with van der Waals surface area (Å²) in [5, 5.41) is 10.9. The third-order valence-electron chi connectivity index (χ3n) is 8.78. The molecule has 1 aliphatic rings. The van der Waals surface area contributed by atoms with Crippen LogP contribution < -0.4 is 10.6 Å². The first-order chi connectivity index (χ1) is 23.8. The number of benzene rings is 1. The molecule has 0 aliphatic carbocycles. The Hall–Kier alpha value is -4.85. The Labute approximate surface area is 298 Å². The van der Waals surface area contributed by atoms with Crippen LogP contribution in [0.4, 0.5) is 10.2 Å². The van der Waals surface area contributed by atoms with Crippen LogP contribution >= 0.6 is 15.9 Å². The SMILES string of the molecule is C=CCc1cc(-c2cnc(C)nc2)cc2c(C(C)=O)nn(CC(=O)N3C[C@](C)(CNC(=O)CCCC)C[C@H]3C(=O)Nc3ccc(F)c(Br)n3)c12. The van der Waals surface area contributed by atoms with Gasteiger partial charge in [0.25, 0.3) is 0 Å². The largest absolute Gasteiger partial charge is 0.355 e. The maximum atomic E-state index is 14.3. The number of rotatable bonds is 13. The second kappa shape index (κ2) is 15.4. The maximum absolute atomic E-state index is 14.3. The van der Waals surface area contributed by atoms with E-state index in [2.05, 4.69) is 53.2 Å². The number of nitrogens with one attached hydrogen (secondary N) is 2. The minimum atomic E-state index is -0.930. The summed E-state index contributed by atoms with van der Waals surface area (Å²) in [5.74, 6) is -1.11. The van der Waals surface area contributed by atoms with Gasteiger partial charge in [-0.2, -0.15) is 5.10 Å². The third kappa shape index (κ3) is 8.12. The van der Waals surface area contributed by atoms with Gasteiger partial charge in [0.15, 0.2) is 11.6 Å². The van der Waals surface area contributed by atoms with Crippen molar-refractivity contribution in [2.75, 3.05) is 18.4 Å². The number of carbonyl (C=O) groups excluding carboxylic acids is 4. The molecule has 0 unspecified atom stereocenters. The smallest absolute Gasteiger partial charge is 0.248 e. The first kappa shape index (κ1) is 36.4. The Kier molecular flexibility index (Phi) is 11.2. The van der Waals surface area contributed by atoms with Gasteiger partial charge in [0.1, 0.15) is 34.5 Å². The van der Waals surface area contributed by atoms with Crippen molar-refractivity contribution in [3.8, 4) is 11.1 Å². The summed E-state index contributed by atoms with van der Waals surface area (Å²) in [6, 6.07) is 5.37. The van der Waals surface area contributed by atoms with E-state index in [0.29, 0.717) is 29.6 Å². The zero-order valence-electron chi connectivity index (χ0n) is 28.6. The van der Waals surface area contributed by atoms with E-state index in [4.69, 9.17) is 0 Å². The third-order valence-corrected chi connectivity index (χ3v) is 9.34. The number of halogens is 2. The van der Waals surface area contributed by atoms with Gasteiger partial charge in [0.2, 0.25) is 17.7 Å². The van der Waals surface area contributed by atoms with Crippen molar-refractivity contribution in [1.29, 1.82) is 0 Å². The van der Waals surface area contributed by atoms with Crippen LogP contribution in [0.2, 0.25) is 0 Å². The number of unbranched alkanes of at least 4 members (excludes halogenated alkanes) is 1. The number of aromatic nitrogens is 5. The van der Waals surface area contributed by atoms with Crippen LogP contribution in [0.5, 0.6) is 0 Å². The zero-order valence-corrected chi connectivity index (χ0v) is 30.1. The second-order valence-corrected chi connectivity index (χ2v) is 13.7. The van der Waals surface area contributed by atoms with Crippen molar-refractivity contribution < 1.29 is 23.6 Å². The molecule has 1 saturated heterocycles. The molecule has 0 spiro atoms. The van der Waals surface area contributed by atoms with Crippen molar-refractivity contribution in [2.24, 2.45) is 5.41 Å². The van der Waals surface area contributed by atoms with Gasteiger partial charge in [-0.25, -0.2) is 19.3 Å². The molecule has 3 amide bonds. The van der Waals surface area contributed by atoms with E-state index in [9.17, 15) is 23.6 Å². The van der Waals surface area contributed by atoms with Crippen molar-refractivity contribution in [2.45, 2.75) is 72.4 Å². The molecule has 50 heavy (non-hydrogen) atoms. The highest BCUT2D eigenvalue weighted by molar-refractivity contribution is 9.10. The number of likely N-dealkylation sites (tertiary alicyclic amines) is 1. The summed E-state index contributed by atoms with van der Waals surface area (Å²) in [6.45, 7) is 11.2. The Morgan fingerprint density at radius 2 is 1.90 bits per heavy atom. The van der Waals surface area contributed by atoms with E-state index < -0.39 is 29.1 Å². The van der Waals surface area contributed by atoms with Gasteiger partial charge in [-0.15, -0.1) is 6.58 Å². The minimum absolute atomic E-state index is 0.0606. The number of fused-ring (bicyclic) bond motifs is 1. The average molecular weight is 748 g/mol. The Bertz CT molecular complexity index is 1960. The molecular formula is C36H40BrFN8O4. The highest BCUT2D eigenvalue weighted by Crippen LogP contribution is 2.36. The summed E-state index contributed by atoms with van der Waals surface area (Å²) >= 11 is 3.04. The molecule has 262 valence electrons. The molecule has 0 saturated carbocycles. The Balaban J connectivity index is 1.49. The quantitative estimate of drug-likeness (QED) is 0.102. The van der Waals surface area contributed by atoms with Crippen molar-refractivity contribution in [3.05, 3.63) is 76.8 Å². The fourth-order valence-electron chi connectivity index (χ4n) is 6.24. The summed E-state index contributed by atoms with van der Waals surface area (Å²) in [6.07, 6.45) is 7.87. The molecule has 0 radical (unpaired) electrons. The van der Waals surface area contributed by atoms with Crippen LogP contribution in [0.15, 0.2) is 53.9 Å². The molecule has 3 aromatic heterocycles. The van der Waals surface area contributed by atoms with Crippen LogP contribution in [0.25, 0.3) is 22.0 Å².